The van der Waals surface area contributed by atoms with Crippen molar-refractivity contribution < 1.29 is 4.79 Å². The van der Waals surface area contributed by atoms with Gasteiger partial charge in [-0.2, -0.15) is 0 Å². The zero-order valence-electron chi connectivity index (χ0n) is 9.77. The van der Waals surface area contributed by atoms with Crippen LogP contribution in [0.4, 0.5) is 0 Å². The number of piperazine rings is 1. The van der Waals surface area contributed by atoms with E-state index in [1.165, 1.54) is 11.3 Å². The molecule has 2 unspecified atom stereocenters. The Bertz CT molecular complexity index is 399. The fourth-order valence-electron chi connectivity index (χ4n) is 1.92. The first-order valence-electron chi connectivity index (χ1n) is 5.38. The number of hydrogen-bond donors (Lipinski definition) is 1. The highest BCUT2D eigenvalue weighted by Gasteiger charge is 2.29. The molecule has 17 heavy (non-hydrogen) atoms. The lowest BCUT2D eigenvalue weighted by Gasteiger charge is -2.38. The zero-order valence-corrected chi connectivity index (χ0v) is 13.0. The molecule has 1 aliphatic rings. The number of hydrogen-bond acceptors (Lipinski definition) is 3. The number of rotatable bonds is 1. The summed E-state index contributed by atoms with van der Waals surface area (Å²) in [5.41, 5.74) is 0. The molecule has 0 aliphatic carbocycles. The maximum atomic E-state index is 12.3. The number of thiophene rings is 1. The van der Waals surface area contributed by atoms with E-state index in [1.807, 2.05) is 16.3 Å². The normalized spacial score (nSPS) is 24.3. The Kier molecular flexibility index (Phi) is 5.44. The van der Waals surface area contributed by atoms with Gasteiger partial charge >= 0.3 is 0 Å². The average molecular weight is 340 g/mol. The monoisotopic (exact) mass is 338 g/mol. The molecule has 0 spiro atoms. The number of carbonyl (C=O) groups excluding carboxylic acids is 1. The van der Waals surface area contributed by atoms with Gasteiger partial charge in [0.1, 0.15) is 4.88 Å². The fraction of sp³-hybridized carbons (Fsp3) is 0.545. The van der Waals surface area contributed by atoms with Gasteiger partial charge in [-0.05, 0) is 41.2 Å². The minimum absolute atomic E-state index is 0. The van der Waals surface area contributed by atoms with Gasteiger partial charge in [0.2, 0.25) is 0 Å². The van der Waals surface area contributed by atoms with E-state index in [4.69, 9.17) is 0 Å². The quantitative estimate of drug-likeness (QED) is 0.853. The van der Waals surface area contributed by atoms with Crippen molar-refractivity contribution >= 4 is 45.6 Å². The number of nitrogens with zero attached hydrogens (tertiary/aromatic N) is 1. The highest BCUT2D eigenvalue weighted by molar-refractivity contribution is 9.10. The van der Waals surface area contributed by atoms with Crippen LogP contribution in [0.15, 0.2) is 15.9 Å². The van der Waals surface area contributed by atoms with Gasteiger partial charge in [-0.25, -0.2) is 0 Å². The lowest BCUT2D eigenvalue weighted by molar-refractivity contribution is 0.0607. The van der Waals surface area contributed by atoms with Gasteiger partial charge in [0.05, 0.1) is 0 Å². The van der Waals surface area contributed by atoms with Crippen molar-refractivity contribution in [3.8, 4) is 0 Å². The van der Waals surface area contributed by atoms with Gasteiger partial charge in [0.15, 0.2) is 0 Å². The Morgan fingerprint density at radius 2 is 2.29 bits per heavy atom. The summed E-state index contributed by atoms with van der Waals surface area (Å²) < 4.78 is 0.904. The summed E-state index contributed by atoms with van der Waals surface area (Å²) >= 11 is 4.91. The molecule has 1 aromatic heterocycles. The molecule has 2 rings (SSSR count). The Balaban J connectivity index is 0.00000144. The molecule has 0 aromatic carbocycles. The SMILES string of the molecule is CC1NCCN(C(=O)c2sccc2Br)C1C.Cl. The van der Waals surface area contributed by atoms with Crippen molar-refractivity contribution in [2.75, 3.05) is 13.1 Å². The van der Waals surface area contributed by atoms with Gasteiger partial charge < -0.3 is 10.2 Å². The standard InChI is InChI=1S/C11H15BrN2OS.ClH/c1-7-8(2)14(5-4-13-7)11(15)10-9(12)3-6-16-10;/h3,6-8,13H,4-5H2,1-2H3;1H. The summed E-state index contributed by atoms with van der Waals surface area (Å²) in [6.07, 6.45) is 0. The van der Waals surface area contributed by atoms with Crippen molar-refractivity contribution in [3.63, 3.8) is 0 Å². The largest absolute Gasteiger partial charge is 0.332 e. The lowest BCUT2D eigenvalue weighted by Crippen LogP contribution is -2.57. The smallest absolute Gasteiger partial charge is 0.265 e. The number of halogens is 2. The van der Waals surface area contributed by atoms with Gasteiger partial charge in [0.25, 0.3) is 5.91 Å². The summed E-state index contributed by atoms with van der Waals surface area (Å²) in [6.45, 7) is 5.87. The van der Waals surface area contributed by atoms with Crippen LogP contribution < -0.4 is 5.32 Å². The maximum absolute atomic E-state index is 12.3. The molecule has 1 N–H and O–H groups in total. The predicted octanol–water partition coefficient (Wildman–Crippen LogP) is 2.75. The third-order valence-electron chi connectivity index (χ3n) is 3.11. The Morgan fingerprint density at radius 3 is 2.88 bits per heavy atom. The summed E-state index contributed by atoms with van der Waals surface area (Å²) in [5.74, 6) is 0.141. The van der Waals surface area contributed by atoms with Gasteiger partial charge in [-0.15, -0.1) is 23.7 Å². The van der Waals surface area contributed by atoms with E-state index in [0.29, 0.717) is 6.04 Å². The van der Waals surface area contributed by atoms with Crippen LogP contribution in [-0.4, -0.2) is 36.0 Å². The molecule has 0 bridgehead atoms. The number of carbonyl (C=O) groups is 1. The molecule has 0 saturated carbocycles. The maximum Gasteiger partial charge on any atom is 0.265 e. The van der Waals surface area contributed by atoms with Crippen LogP contribution >= 0.6 is 39.7 Å². The van der Waals surface area contributed by atoms with Gasteiger partial charge in [-0.1, -0.05) is 0 Å². The summed E-state index contributed by atoms with van der Waals surface area (Å²) in [6, 6.07) is 2.53. The van der Waals surface area contributed by atoms with Crippen molar-refractivity contribution in [3.05, 3.63) is 20.8 Å². The van der Waals surface area contributed by atoms with E-state index < -0.39 is 0 Å². The third-order valence-corrected chi connectivity index (χ3v) is 4.93. The van der Waals surface area contributed by atoms with E-state index >= 15 is 0 Å². The van der Waals surface area contributed by atoms with E-state index in [1.54, 1.807) is 0 Å². The molecule has 1 aromatic rings. The minimum atomic E-state index is 0. The molecule has 96 valence electrons. The molecule has 1 amide bonds. The second kappa shape index (κ2) is 6.18. The van der Waals surface area contributed by atoms with Crippen LogP contribution in [0.5, 0.6) is 0 Å². The molecular weight excluding hydrogens is 324 g/mol. The van der Waals surface area contributed by atoms with E-state index in [0.717, 1.165) is 22.4 Å². The van der Waals surface area contributed by atoms with E-state index in [-0.39, 0.29) is 24.4 Å². The lowest BCUT2D eigenvalue weighted by atomic mass is 10.1. The average Bonchev–Trinajstić information content (AvgIpc) is 2.68. The minimum Gasteiger partial charge on any atom is -0.332 e. The van der Waals surface area contributed by atoms with Gasteiger partial charge in [0, 0.05) is 29.6 Å². The van der Waals surface area contributed by atoms with Crippen LogP contribution in [0.25, 0.3) is 0 Å². The summed E-state index contributed by atoms with van der Waals surface area (Å²) in [5, 5.41) is 5.31. The molecule has 2 heterocycles. The number of amides is 1. The first-order valence-corrected chi connectivity index (χ1v) is 7.06. The predicted molar refractivity (Wildman–Crippen MR) is 77.2 cm³/mol. The first-order chi connectivity index (χ1) is 7.61. The Hall–Kier alpha value is -0.100. The summed E-state index contributed by atoms with van der Waals surface area (Å²) in [4.78, 5) is 15.1. The van der Waals surface area contributed by atoms with Crippen molar-refractivity contribution in [2.24, 2.45) is 0 Å². The molecule has 2 atom stereocenters. The molecule has 1 saturated heterocycles. The van der Waals surface area contributed by atoms with Gasteiger partial charge in [-0.3, -0.25) is 4.79 Å². The van der Waals surface area contributed by atoms with E-state index in [9.17, 15) is 4.79 Å². The van der Waals surface area contributed by atoms with Crippen LogP contribution in [-0.2, 0) is 0 Å². The van der Waals surface area contributed by atoms with Crippen LogP contribution in [0.2, 0.25) is 0 Å². The molecule has 1 fully saturated rings. The molecule has 6 heteroatoms. The van der Waals surface area contributed by atoms with Crippen molar-refractivity contribution in [2.45, 2.75) is 25.9 Å². The van der Waals surface area contributed by atoms with Crippen LogP contribution in [0.1, 0.15) is 23.5 Å². The second-order valence-electron chi connectivity index (χ2n) is 4.08. The van der Waals surface area contributed by atoms with E-state index in [2.05, 4.69) is 35.1 Å². The summed E-state index contributed by atoms with van der Waals surface area (Å²) in [7, 11) is 0. The molecule has 1 aliphatic heterocycles. The van der Waals surface area contributed by atoms with Crippen LogP contribution in [0, 0.1) is 0 Å². The second-order valence-corrected chi connectivity index (χ2v) is 5.85. The highest BCUT2D eigenvalue weighted by Crippen LogP contribution is 2.25. The van der Waals surface area contributed by atoms with Crippen molar-refractivity contribution in [1.82, 2.24) is 10.2 Å². The topological polar surface area (TPSA) is 32.3 Å². The van der Waals surface area contributed by atoms with Crippen LogP contribution in [0.3, 0.4) is 0 Å². The number of nitrogens with one attached hydrogen (secondary N) is 1. The van der Waals surface area contributed by atoms with Crippen molar-refractivity contribution in [1.29, 1.82) is 0 Å². The Labute approximate surface area is 120 Å². The molecular formula is C11H16BrClN2OS. The Morgan fingerprint density at radius 1 is 1.59 bits per heavy atom. The zero-order chi connectivity index (χ0) is 11.7. The highest BCUT2D eigenvalue weighted by atomic mass is 79.9. The molecule has 0 radical (unpaired) electrons. The molecule has 3 nitrogen and oxygen atoms in total. The third kappa shape index (κ3) is 3.02. The first kappa shape index (κ1) is 15.0. The fourth-order valence-corrected chi connectivity index (χ4v) is 3.42.